The molecule has 2 aliphatic rings. The largest absolute Gasteiger partial charge is 0.381 e. The monoisotopic (exact) mass is 290 g/mol. The average molecular weight is 290 g/mol. The topological polar surface area (TPSA) is 33.6 Å². The predicted molar refractivity (Wildman–Crippen MR) is 85.3 cm³/mol. The Labute approximate surface area is 125 Å². The van der Waals surface area contributed by atoms with Crippen LogP contribution in [-0.4, -0.2) is 29.7 Å². The van der Waals surface area contributed by atoms with Gasteiger partial charge in [-0.3, -0.25) is 4.99 Å². The predicted octanol–water partition coefficient (Wildman–Crippen LogP) is 2.99. The van der Waals surface area contributed by atoms with E-state index in [2.05, 4.69) is 36.5 Å². The van der Waals surface area contributed by atoms with E-state index in [-0.39, 0.29) is 5.54 Å². The third-order valence-electron chi connectivity index (χ3n) is 4.20. The van der Waals surface area contributed by atoms with Gasteiger partial charge in [-0.2, -0.15) is 0 Å². The zero-order valence-corrected chi connectivity index (χ0v) is 12.8. The van der Waals surface area contributed by atoms with Gasteiger partial charge in [0.15, 0.2) is 5.17 Å². The summed E-state index contributed by atoms with van der Waals surface area (Å²) in [5.74, 6) is 1.13. The lowest BCUT2D eigenvalue weighted by molar-refractivity contribution is 0.0555. The second-order valence-electron chi connectivity index (χ2n) is 5.55. The molecule has 0 saturated carbocycles. The fraction of sp³-hybridized carbons (Fsp3) is 0.562. The maximum Gasteiger partial charge on any atom is 0.157 e. The zero-order valence-electron chi connectivity index (χ0n) is 12.0. The van der Waals surface area contributed by atoms with Gasteiger partial charge < -0.3 is 10.1 Å². The number of amidine groups is 1. The molecule has 20 heavy (non-hydrogen) atoms. The minimum Gasteiger partial charge on any atom is -0.381 e. The summed E-state index contributed by atoms with van der Waals surface area (Å²) in [6.07, 6.45) is 3.28. The lowest BCUT2D eigenvalue weighted by Gasteiger charge is -2.32. The number of aryl methyl sites for hydroxylation is 1. The van der Waals surface area contributed by atoms with E-state index in [0.29, 0.717) is 0 Å². The Morgan fingerprint density at radius 2 is 2.00 bits per heavy atom. The molecule has 0 atom stereocenters. The van der Waals surface area contributed by atoms with Crippen LogP contribution in [0.25, 0.3) is 0 Å². The minimum atomic E-state index is 0.242. The normalized spacial score (nSPS) is 23.1. The molecule has 2 saturated heterocycles. The second-order valence-corrected chi connectivity index (χ2v) is 6.51. The highest BCUT2D eigenvalue weighted by molar-refractivity contribution is 8.14. The van der Waals surface area contributed by atoms with E-state index in [4.69, 9.17) is 9.73 Å². The Morgan fingerprint density at radius 1 is 1.25 bits per heavy atom. The molecular formula is C16H22N2OS. The molecule has 0 aromatic heterocycles. The molecule has 3 nitrogen and oxygen atoms in total. The molecule has 2 heterocycles. The minimum absolute atomic E-state index is 0.242. The first kappa shape index (κ1) is 14.0. The van der Waals surface area contributed by atoms with Gasteiger partial charge in [0.05, 0.1) is 12.1 Å². The van der Waals surface area contributed by atoms with E-state index in [1.165, 1.54) is 11.1 Å². The maximum atomic E-state index is 5.46. The Balaban J connectivity index is 1.65. The third-order valence-corrected chi connectivity index (χ3v) is 5.40. The number of ether oxygens (including phenoxy) is 1. The van der Waals surface area contributed by atoms with Crippen LogP contribution < -0.4 is 5.32 Å². The van der Waals surface area contributed by atoms with Gasteiger partial charge in [0.25, 0.3) is 0 Å². The van der Waals surface area contributed by atoms with Gasteiger partial charge >= 0.3 is 0 Å². The molecule has 0 radical (unpaired) electrons. The van der Waals surface area contributed by atoms with E-state index in [1.54, 1.807) is 0 Å². The van der Waals surface area contributed by atoms with Gasteiger partial charge in [-0.05, 0) is 30.4 Å². The van der Waals surface area contributed by atoms with Crippen molar-refractivity contribution in [3.63, 3.8) is 0 Å². The quantitative estimate of drug-likeness (QED) is 0.929. The van der Waals surface area contributed by atoms with Crippen LogP contribution in [-0.2, 0) is 17.7 Å². The Bertz CT molecular complexity index is 495. The highest BCUT2D eigenvalue weighted by Gasteiger charge is 2.38. The fourth-order valence-corrected chi connectivity index (χ4v) is 4.05. The van der Waals surface area contributed by atoms with Crippen LogP contribution >= 0.6 is 11.8 Å². The van der Waals surface area contributed by atoms with Gasteiger partial charge in [0.2, 0.25) is 0 Å². The number of thioether (sulfide) groups is 1. The van der Waals surface area contributed by atoms with E-state index < -0.39 is 0 Å². The summed E-state index contributed by atoms with van der Waals surface area (Å²) < 4.78 is 5.46. The van der Waals surface area contributed by atoms with Crippen LogP contribution in [0, 0.1) is 0 Å². The smallest absolute Gasteiger partial charge is 0.157 e. The lowest BCUT2D eigenvalue weighted by atomic mass is 9.93. The summed E-state index contributed by atoms with van der Waals surface area (Å²) in [5, 5.41) is 4.76. The molecule has 0 aliphatic carbocycles. The number of benzene rings is 1. The number of aliphatic imine (C=N–C) groups is 1. The Hall–Kier alpha value is -1.000. The van der Waals surface area contributed by atoms with Crippen molar-refractivity contribution in [2.75, 3.05) is 19.0 Å². The summed E-state index contributed by atoms with van der Waals surface area (Å²) in [6, 6.07) is 8.59. The number of hydrogen-bond acceptors (Lipinski definition) is 3. The second kappa shape index (κ2) is 6.19. The molecular weight excluding hydrogens is 268 g/mol. The van der Waals surface area contributed by atoms with Crippen LogP contribution in [0.3, 0.4) is 0 Å². The lowest BCUT2D eigenvalue weighted by Crippen LogP contribution is -2.48. The van der Waals surface area contributed by atoms with E-state index in [0.717, 1.165) is 49.9 Å². The number of nitrogens with zero attached hydrogens (tertiary/aromatic N) is 1. The van der Waals surface area contributed by atoms with E-state index in [9.17, 15) is 0 Å². The Morgan fingerprint density at radius 3 is 2.75 bits per heavy atom. The third kappa shape index (κ3) is 3.01. The molecule has 0 amide bonds. The van der Waals surface area contributed by atoms with Gasteiger partial charge in [-0.15, -0.1) is 0 Å². The molecule has 2 aliphatic heterocycles. The van der Waals surface area contributed by atoms with E-state index >= 15 is 0 Å². The molecule has 1 N–H and O–H groups in total. The van der Waals surface area contributed by atoms with Crippen molar-refractivity contribution in [2.45, 2.75) is 38.3 Å². The molecule has 1 spiro atoms. The first-order valence-electron chi connectivity index (χ1n) is 7.41. The van der Waals surface area contributed by atoms with Crippen LogP contribution in [0.1, 0.15) is 30.9 Å². The highest BCUT2D eigenvalue weighted by atomic mass is 32.2. The van der Waals surface area contributed by atoms with Gasteiger partial charge in [-0.25, -0.2) is 0 Å². The van der Waals surface area contributed by atoms with Crippen LogP contribution in [0.4, 0.5) is 0 Å². The van der Waals surface area contributed by atoms with Crippen molar-refractivity contribution in [3.05, 3.63) is 35.4 Å². The standard InChI is InChI=1S/C16H22N2OS/c1-2-13-5-3-4-6-14(13)11-17-15-18-16(12-20-15)7-9-19-10-8-16/h3-6H,2,7-12H2,1H3,(H,17,18). The van der Waals surface area contributed by atoms with E-state index in [1.807, 2.05) is 11.8 Å². The maximum absolute atomic E-state index is 5.46. The van der Waals surface area contributed by atoms with Crippen LogP contribution in [0.5, 0.6) is 0 Å². The van der Waals surface area contributed by atoms with Crippen LogP contribution in [0.2, 0.25) is 0 Å². The van der Waals surface area contributed by atoms with Gasteiger partial charge in [0, 0.05) is 19.0 Å². The first-order chi connectivity index (χ1) is 9.81. The molecule has 2 fully saturated rings. The zero-order chi connectivity index (χ0) is 13.8. The molecule has 4 heteroatoms. The SMILES string of the molecule is CCc1ccccc1CN=C1NC2(CCOCC2)CS1. The summed E-state index contributed by atoms with van der Waals surface area (Å²) in [6.45, 7) is 4.73. The Kier molecular flexibility index (Phi) is 4.32. The molecule has 3 rings (SSSR count). The number of rotatable bonds is 3. The summed E-state index contributed by atoms with van der Waals surface area (Å²) >= 11 is 1.86. The van der Waals surface area contributed by atoms with Crippen molar-refractivity contribution in [1.29, 1.82) is 0 Å². The van der Waals surface area contributed by atoms with Crippen molar-refractivity contribution in [2.24, 2.45) is 4.99 Å². The van der Waals surface area contributed by atoms with Crippen molar-refractivity contribution in [1.82, 2.24) is 5.32 Å². The van der Waals surface area contributed by atoms with Crippen molar-refractivity contribution in [3.8, 4) is 0 Å². The summed E-state index contributed by atoms with van der Waals surface area (Å²) in [5.41, 5.74) is 2.99. The molecule has 0 unspecified atom stereocenters. The van der Waals surface area contributed by atoms with Gasteiger partial charge in [-0.1, -0.05) is 43.0 Å². The van der Waals surface area contributed by atoms with Crippen molar-refractivity contribution < 1.29 is 4.74 Å². The molecule has 1 aromatic carbocycles. The number of hydrogen-bond donors (Lipinski definition) is 1. The van der Waals surface area contributed by atoms with Crippen LogP contribution in [0.15, 0.2) is 29.3 Å². The first-order valence-corrected chi connectivity index (χ1v) is 8.40. The van der Waals surface area contributed by atoms with Gasteiger partial charge in [0.1, 0.15) is 0 Å². The summed E-state index contributed by atoms with van der Waals surface area (Å²) in [7, 11) is 0. The molecule has 108 valence electrons. The fourth-order valence-electron chi connectivity index (χ4n) is 2.84. The number of nitrogens with one attached hydrogen (secondary N) is 1. The molecule has 1 aromatic rings. The average Bonchev–Trinajstić information content (AvgIpc) is 2.89. The molecule has 0 bridgehead atoms. The van der Waals surface area contributed by atoms with Crippen molar-refractivity contribution >= 4 is 16.9 Å². The highest BCUT2D eigenvalue weighted by Crippen LogP contribution is 2.31. The summed E-state index contributed by atoms with van der Waals surface area (Å²) in [4.78, 5) is 4.78.